The van der Waals surface area contributed by atoms with Gasteiger partial charge in [0.25, 0.3) is 0 Å². The van der Waals surface area contributed by atoms with Gasteiger partial charge >= 0.3 is 5.97 Å². The summed E-state index contributed by atoms with van der Waals surface area (Å²) in [4.78, 5) is 13.6. The Bertz CT molecular complexity index is 441. The summed E-state index contributed by atoms with van der Waals surface area (Å²) in [6, 6.07) is 3.39. The summed E-state index contributed by atoms with van der Waals surface area (Å²) < 4.78 is 9.62. The molecule has 0 unspecified atom stereocenters. The first-order chi connectivity index (χ1) is 7.17. The number of carbonyl (C=O) groups is 1. The summed E-state index contributed by atoms with van der Waals surface area (Å²) in [5.41, 5.74) is 8.10. The van der Waals surface area contributed by atoms with Crippen LogP contribution in [0.4, 0.5) is 0 Å². The molecule has 0 N–H and O–H groups in total. The molecule has 0 aromatic carbocycles. The number of hydrogen-bond donors (Lipinski definition) is 0. The normalized spacial score (nSPS) is 10.7. The maximum atomic E-state index is 11.1. The van der Waals surface area contributed by atoms with E-state index >= 15 is 0 Å². The Balaban J connectivity index is 3.03. The van der Waals surface area contributed by atoms with Crippen molar-refractivity contribution in [3.8, 4) is 0 Å². The van der Waals surface area contributed by atoms with Crippen molar-refractivity contribution in [3.05, 3.63) is 39.8 Å². The van der Waals surface area contributed by atoms with Gasteiger partial charge in [0.15, 0.2) is 0 Å². The second kappa shape index (κ2) is 4.88. The first kappa shape index (κ1) is 10.9. The smallest absolute Gasteiger partial charge is 0.340 e. The fourth-order valence-corrected chi connectivity index (χ4v) is 0.947. The average molecular weight is 207 g/mol. The van der Waals surface area contributed by atoms with Gasteiger partial charge in [0.2, 0.25) is 0 Å². The number of ether oxygens (including phenoxy) is 1. The predicted octanol–water partition coefficient (Wildman–Crippen LogP) is 2.41. The van der Waals surface area contributed by atoms with Gasteiger partial charge in [-0.2, -0.15) is 0 Å². The molecule has 0 bridgehead atoms. The first-order valence-corrected chi connectivity index (χ1v) is 4.09. The van der Waals surface area contributed by atoms with Crippen LogP contribution in [0.3, 0.4) is 0 Å². The number of azide groups is 1. The summed E-state index contributed by atoms with van der Waals surface area (Å²) in [5.74, 6) is 0.425. The van der Waals surface area contributed by atoms with E-state index in [0.29, 0.717) is 11.5 Å². The van der Waals surface area contributed by atoms with Crippen LogP contribution in [0.2, 0.25) is 0 Å². The van der Waals surface area contributed by atoms with E-state index in [1.165, 1.54) is 13.2 Å². The number of methoxy groups -OCH3 is 1. The third kappa shape index (κ3) is 2.89. The molecule has 15 heavy (non-hydrogen) atoms. The van der Waals surface area contributed by atoms with Crippen LogP contribution in [0.1, 0.15) is 11.5 Å². The van der Waals surface area contributed by atoms with Gasteiger partial charge in [-0.3, -0.25) is 0 Å². The van der Waals surface area contributed by atoms with Crippen molar-refractivity contribution in [2.24, 2.45) is 5.11 Å². The van der Waals surface area contributed by atoms with E-state index < -0.39 is 5.97 Å². The molecule has 0 aliphatic heterocycles. The van der Waals surface area contributed by atoms with Crippen molar-refractivity contribution in [1.29, 1.82) is 0 Å². The molecule has 0 atom stereocenters. The van der Waals surface area contributed by atoms with Crippen LogP contribution < -0.4 is 0 Å². The van der Waals surface area contributed by atoms with Crippen molar-refractivity contribution < 1.29 is 13.9 Å². The summed E-state index contributed by atoms with van der Waals surface area (Å²) in [6.07, 6.45) is 1.32. The highest BCUT2D eigenvalue weighted by Crippen LogP contribution is 2.12. The van der Waals surface area contributed by atoms with E-state index in [4.69, 9.17) is 9.95 Å². The fourth-order valence-electron chi connectivity index (χ4n) is 0.947. The summed E-state index contributed by atoms with van der Waals surface area (Å²) >= 11 is 0. The molecule has 0 aliphatic carbocycles. The van der Waals surface area contributed by atoms with Crippen molar-refractivity contribution in [3.63, 3.8) is 0 Å². The van der Waals surface area contributed by atoms with Gasteiger partial charge in [0.1, 0.15) is 17.2 Å². The Morgan fingerprint density at radius 3 is 2.87 bits per heavy atom. The third-order valence-electron chi connectivity index (χ3n) is 1.59. The number of furan rings is 1. The Labute approximate surface area is 85.8 Å². The van der Waals surface area contributed by atoms with Crippen LogP contribution in [-0.4, -0.2) is 13.1 Å². The van der Waals surface area contributed by atoms with Crippen LogP contribution in [0.25, 0.3) is 16.5 Å². The lowest BCUT2D eigenvalue weighted by Gasteiger charge is -1.96. The first-order valence-electron chi connectivity index (χ1n) is 4.09. The lowest BCUT2D eigenvalue weighted by Crippen LogP contribution is -2.01. The zero-order chi connectivity index (χ0) is 11.3. The highest BCUT2D eigenvalue weighted by Gasteiger charge is 2.08. The fraction of sp³-hybridized carbons (Fsp3) is 0.222. The summed E-state index contributed by atoms with van der Waals surface area (Å²) in [5, 5.41) is 3.21. The summed E-state index contributed by atoms with van der Waals surface area (Å²) in [7, 11) is 1.20. The molecular weight excluding hydrogens is 198 g/mol. The largest absolute Gasteiger partial charge is 0.466 e. The second-order valence-corrected chi connectivity index (χ2v) is 2.66. The number of carbonyl (C=O) groups excluding carboxylic acids is 1. The molecule has 1 rings (SSSR count). The van der Waals surface area contributed by atoms with Crippen molar-refractivity contribution in [2.45, 2.75) is 6.92 Å². The highest BCUT2D eigenvalue weighted by molar-refractivity contribution is 5.92. The molecule has 0 radical (unpaired) electrons. The SMILES string of the molecule is COC(=O)/C(=C/c1ccc(C)o1)N=[N+]=[N-]. The highest BCUT2D eigenvalue weighted by atomic mass is 16.5. The van der Waals surface area contributed by atoms with Crippen LogP contribution in [0.15, 0.2) is 27.4 Å². The number of nitrogens with zero attached hydrogens (tertiary/aromatic N) is 3. The van der Waals surface area contributed by atoms with Gasteiger partial charge in [0, 0.05) is 4.91 Å². The molecule has 6 nitrogen and oxygen atoms in total. The molecule has 0 saturated carbocycles. The van der Waals surface area contributed by atoms with E-state index in [9.17, 15) is 4.79 Å². The molecule has 0 aliphatic rings. The Hall–Kier alpha value is -2.20. The Morgan fingerprint density at radius 2 is 2.40 bits per heavy atom. The zero-order valence-corrected chi connectivity index (χ0v) is 8.30. The van der Waals surface area contributed by atoms with Crippen LogP contribution in [0, 0.1) is 6.92 Å². The van der Waals surface area contributed by atoms with E-state index in [1.807, 2.05) is 0 Å². The number of rotatable bonds is 3. The summed E-state index contributed by atoms with van der Waals surface area (Å²) in [6.45, 7) is 1.77. The lowest BCUT2D eigenvalue weighted by atomic mass is 10.3. The van der Waals surface area contributed by atoms with Crippen LogP contribution in [-0.2, 0) is 9.53 Å². The average Bonchev–Trinajstić information content (AvgIpc) is 2.62. The van der Waals surface area contributed by atoms with Gasteiger partial charge in [-0.25, -0.2) is 4.79 Å². The molecule has 0 amide bonds. The topological polar surface area (TPSA) is 88.2 Å². The molecule has 0 fully saturated rings. The van der Waals surface area contributed by atoms with E-state index in [2.05, 4.69) is 14.8 Å². The van der Waals surface area contributed by atoms with E-state index in [-0.39, 0.29) is 5.70 Å². The van der Waals surface area contributed by atoms with Gasteiger partial charge in [-0.15, -0.1) is 0 Å². The minimum Gasteiger partial charge on any atom is -0.466 e. The van der Waals surface area contributed by atoms with Gasteiger partial charge in [0.05, 0.1) is 7.11 Å². The molecular formula is C9H9N3O3. The van der Waals surface area contributed by atoms with Gasteiger partial charge in [-0.05, 0) is 30.7 Å². The zero-order valence-electron chi connectivity index (χ0n) is 8.30. The maximum absolute atomic E-state index is 11.1. The molecule has 1 heterocycles. The minimum atomic E-state index is -0.707. The number of aryl methyl sites for hydroxylation is 1. The number of hydrogen-bond acceptors (Lipinski definition) is 4. The van der Waals surface area contributed by atoms with Gasteiger partial charge in [-0.1, -0.05) is 5.11 Å². The third-order valence-corrected chi connectivity index (χ3v) is 1.59. The molecule has 78 valence electrons. The maximum Gasteiger partial charge on any atom is 0.340 e. The van der Waals surface area contributed by atoms with Crippen molar-refractivity contribution >= 4 is 12.0 Å². The monoisotopic (exact) mass is 207 g/mol. The molecule has 6 heteroatoms. The Kier molecular flexibility index (Phi) is 3.54. The molecule has 1 aromatic heterocycles. The predicted molar refractivity (Wildman–Crippen MR) is 52.6 cm³/mol. The van der Waals surface area contributed by atoms with Crippen molar-refractivity contribution in [2.75, 3.05) is 7.11 Å². The van der Waals surface area contributed by atoms with Crippen molar-refractivity contribution in [1.82, 2.24) is 0 Å². The van der Waals surface area contributed by atoms with E-state index in [0.717, 1.165) is 0 Å². The lowest BCUT2D eigenvalue weighted by molar-refractivity contribution is -0.136. The molecule has 1 aromatic rings. The quantitative estimate of drug-likeness (QED) is 0.250. The standard InChI is InChI=1S/C9H9N3O3/c1-6-3-4-7(15-6)5-8(11-12-10)9(13)14-2/h3-5H,1-2H3/b8-5-. The molecule has 0 saturated heterocycles. The minimum absolute atomic E-state index is 0.144. The van der Waals surface area contributed by atoms with Gasteiger partial charge < -0.3 is 9.15 Å². The van der Waals surface area contributed by atoms with Crippen LogP contribution >= 0.6 is 0 Å². The van der Waals surface area contributed by atoms with E-state index in [1.54, 1.807) is 19.1 Å². The van der Waals surface area contributed by atoms with Crippen LogP contribution in [0.5, 0.6) is 0 Å². The molecule has 0 spiro atoms. The Morgan fingerprint density at radius 1 is 1.67 bits per heavy atom. The second-order valence-electron chi connectivity index (χ2n) is 2.66. The number of esters is 1.